The van der Waals surface area contributed by atoms with Gasteiger partial charge in [-0.25, -0.2) is 4.39 Å². The number of hydrogen-bond donors (Lipinski definition) is 2. The summed E-state index contributed by atoms with van der Waals surface area (Å²) in [4.78, 5) is 12.0. The van der Waals surface area contributed by atoms with Gasteiger partial charge in [-0.05, 0) is 25.0 Å². The van der Waals surface area contributed by atoms with Gasteiger partial charge in [-0.15, -0.1) is 0 Å². The van der Waals surface area contributed by atoms with E-state index < -0.39 is 29.0 Å². The second-order valence-corrected chi connectivity index (χ2v) is 5.12. The van der Waals surface area contributed by atoms with Crippen LogP contribution >= 0.6 is 0 Å². The number of alkyl halides is 3. The molecule has 0 bridgehead atoms. The van der Waals surface area contributed by atoms with Crippen molar-refractivity contribution in [2.24, 2.45) is 5.92 Å². The van der Waals surface area contributed by atoms with Crippen LogP contribution in [0.15, 0.2) is 18.2 Å². The van der Waals surface area contributed by atoms with Gasteiger partial charge in [0.25, 0.3) is 5.91 Å². The van der Waals surface area contributed by atoms with Crippen LogP contribution in [0.4, 0.5) is 17.6 Å². The van der Waals surface area contributed by atoms with Gasteiger partial charge in [-0.2, -0.15) is 13.2 Å². The largest absolute Gasteiger partial charge is 0.419 e. The topological polar surface area (TPSA) is 49.3 Å². The molecule has 2 N–H and O–H groups in total. The van der Waals surface area contributed by atoms with Crippen LogP contribution in [0.1, 0.15) is 35.2 Å². The highest BCUT2D eigenvalue weighted by Crippen LogP contribution is 2.32. The molecule has 0 aliphatic heterocycles. The van der Waals surface area contributed by atoms with Crippen molar-refractivity contribution in [3.05, 3.63) is 35.1 Å². The van der Waals surface area contributed by atoms with Crippen molar-refractivity contribution >= 4 is 5.91 Å². The molecule has 3 nitrogen and oxygen atoms in total. The summed E-state index contributed by atoms with van der Waals surface area (Å²) in [5.41, 5.74) is -2.09. The van der Waals surface area contributed by atoms with Crippen molar-refractivity contribution in [3.63, 3.8) is 0 Å². The summed E-state index contributed by atoms with van der Waals surface area (Å²) in [6, 6.07) is 2.27. The molecule has 2 rings (SSSR count). The number of aliphatic hydroxyl groups is 1. The molecule has 1 aliphatic carbocycles. The lowest BCUT2D eigenvalue weighted by atomic mass is 10.0. The fourth-order valence-electron chi connectivity index (χ4n) is 2.62. The van der Waals surface area contributed by atoms with Gasteiger partial charge < -0.3 is 10.4 Å². The second kappa shape index (κ2) is 6.01. The van der Waals surface area contributed by atoms with Crippen LogP contribution in [0, 0.1) is 11.7 Å². The normalized spacial score (nSPS) is 22.3. The molecule has 0 saturated heterocycles. The van der Waals surface area contributed by atoms with Gasteiger partial charge in [0.1, 0.15) is 5.82 Å². The smallest absolute Gasteiger partial charge is 0.396 e. The molecule has 0 aromatic heterocycles. The third kappa shape index (κ3) is 3.34. The molecule has 2 unspecified atom stereocenters. The predicted octanol–water partition coefficient (Wildman–Crippen LogP) is 2.74. The summed E-state index contributed by atoms with van der Waals surface area (Å²) in [5.74, 6) is -2.59. The summed E-state index contributed by atoms with van der Waals surface area (Å²) in [6.07, 6.45) is -2.69. The van der Waals surface area contributed by atoms with Crippen LogP contribution in [0.25, 0.3) is 0 Å². The van der Waals surface area contributed by atoms with Crippen molar-refractivity contribution < 1.29 is 27.5 Å². The summed E-state index contributed by atoms with van der Waals surface area (Å²) in [6.45, 7) is -0.115. The lowest BCUT2D eigenvalue weighted by Gasteiger charge is -2.19. The van der Waals surface area contributed by atoms with E-state index in [9.17, 15) is 22.4 Å². The Bertz CT molecular complexity index is 530. The maximum Gasteiger partial charge on any atom is 0.419 e. The summed E-state index contributed by atoms with van der Waals surface area (Å²) in [7, 11) is 0. The number of nitrogens with one attached hydrogen (secondary N) is 1. The molecule has 1 aromatic rings. The molecule has 1 fully saturated rings. The Labute approximate surface area is 119 Å². The van der Waals surface area contributed by atoms with E-state index in [1.807, 2.05) is 0 Å². The summed E-state index contributed by atoms with van der Waals surface area (Å²) >= 11 is 0. The predicted molar refractivity (Wildman–Crippen MR) is 67.1 cm³/mol. The SMILES string of the molecule is O=C(NC1CCCC1CO)c1cccc(C(F)(F)F)c1F. The zero-order valence-corrected chi connectivity index (χ0v) is 11.1. The highest BCUT2D eigenvalue weighted by Gasteiger charge is 2.36. The van der Waals surface area contributed by atoms with E-state index in [1.54, 1.807) is 0 Å². The van der Waals surface area contributed by atoms with Gasteiger partial charge in [-0.3, -0.25) is 4.79 Å². The fraction of sp³-hybridized carbons (Fsp3) is 0.500. The summed E-state index contributed by atoms with van der Waals surface area (Å²) in [5, 5.41) is 11.7. The van der Waals surface area contributed by atoms with Crippen molar-refractivity contribution in [2.45, 2.75) is 31.5 Å². The Morgan fingerprint density at radius 2 is 2.05 bits per heavy atom. The molecule has 2 atom stereocenters. The molecular formula is C14H15F4NO2. The molecule has 1 aliphatic rings. The van der Waals surface area contributed by atoms with Crippen molar-refractivity contribution in [1.29, 1.82) is 0 Å². The standard InChI is InChI=1S/C14H15F4NO2/c15-12-9(4-2-5-10(12)14(16,17)18)13(21)19-11-6-1-3-8(11)7-20/h2,4-5,8,11,20H,1,3,6-7H2,(H,19,21). The average Bonchev–Trinajstić information content (AvgIpc) is 2.84. The zero-order valence-electron chi connectivity index (χ0n) is 11.1. The Morgan fingerprint density at radius 3 is 2.67 bits per heavy atom. The van der Waals surface area contributed by atoms with Crippen molar-refractivity contribution in [3.8, 4) is 0 Å². The number of benzene rings is 1. The van der Waals surface area contributed by atoms with E-state index in [0.29, 0.717) is 12.5 Å². The van der Waals surface area contributed by atoms with Gasteiger partial charge in [0.15, 0.2) is 0 Å². The highest BCUT2D eigenvalue weighted by molar-refractivity contribution is 5.95. The molecule has 1 saturated carbocycles. The third-order valence-corrected chi connectivity index (χ3v) is 3.76. The molecular weight excluding hydrogens is 290 g/mol. The molecule has 116 valence electrons. The lowest BCUT2D eigenvalue weighted by Crippen LogP contribution is -2.39. The maximum atomic E-state index is 13.8. The van der Waals surface area contributed by atoms with Crippen molar-refractivity contribution in [2.75, 3.05) is 6.61 Å². The van der Waals surface area contributed by atoms with E-state index in [2.05, 4.69) is 5.32 Å². The van der Waals surface area contributed by atoms with E-state index in [-0.39, 0.29) is 18.6 Å². The Morgan fingerprint density at radius 1 is 1.33 bits per heavy atom. The monoisotopic (exact) mass is 305 g/mol. The first-order valence-electron chi connectivity index (χ1n) is 6.62. The quantitative estimate of drug-likeness (QED) is 0.844. The van der Waals surface area contributed by atoms with Gasteiger partial charge in [0, 0.05) is 18.6 Å². The Balaban J connectivity index is 2.20. The first kappa shape index (κ1) is 15.8. The van der Waals surface area contributed by atoms with Crippen LogP contribution in [0.2, 0.25) is 0 Å². The molecule has 1 aromatic carbocycles. The van der Waals surface area contributed by atoms with Crippen molar-refractivity contribution in [1.82, 2.24) is 5.32 Å². The maximum absolute atomic E-state index is 13.8. The van der Waals surface area contributed by atoms with Crippen LogP contribution in [-0.2, 0) is 6.18 Å². The molecule has 0 radical (unpaired) electrons. The fourth-order valence-corrected chi connectivity index (χ4v) is 2.62. The first-order valence-corrected chi connectivity index (χ1v) is 6.62. The minimum Gasteiger partial charge on any atom is -0.396 e. The molecule has 21 heavy (non-hydrogen) atoms. The number of carbonyl (C=O) groups excluding carboxylic acids is 1. The van der Waals surface area contributed by atoms with Crippen LogP contribution in [-0.4, -0.2) is 23.7 Å². The number of carbonyl (C=O) groups is 1. The van der Waals surface area contributed by atoms with Crippen LogP contribution in [0.3, 0.4) is 0 Å². The molecule has 1 amide bonds. The van der Waals surface area contributed by atoms with Gasteiger partial charge >= 0.3 is 6.18 Å². The zero-order chi connectivity index (χ0) is 15.6. The number of halogens is 4. The van der Waals surface area contributed by atoms with Gasteiger partial charge in [0.05, 0.1) is 11.1 Å². The molecule has 7 heteroatoms. The Kier molecular flexibility index (Phi) is 4.51. The van der Waals surface area contributed by atoms with Gasteiger partial charge in [-0.1, -0.05) is 12.5 Å². The Hall–Kier alpha value is -1.63. The lowest BCUT2D eigenvalue weighted by molar-refractivity contribution is -0.140. The van der Waals surface area contributed by atoms with E-state index in [1.165, 1.54) is 0 Å². The van der Waals surface area contributed by atoms with E-state index in [0.717, 1.165) is 25.0 Å². The van der Waals surface area contributed by atoms with Crippen LogP contribution < -0.4 is 5.32 Å². The number of amides is 1. The first-order chi connectivity index (χ1) is 9.84. The number of hydrogen-bond acceptors (Lipinski definition) is 2. The number of rotatable bonds is 3. The third-order valence-electron chi connectivity index (χ3n) is 3.76. The minimum absolute atomic E-state index is 0.115. The number of aliphatic hydroxyl groups excluding tert-OH is 1. The minimum atomic E-state index is -4.85. The van der Waals surface area contributed by atoms with E-state index >= 15 is 0 Å². The molecule has 0 heterocycles. The summed E-state index contributed by atoms with van der Waals surface area (Å²) < 4.78 is 51.7. The molecule has 0 spiro atoms. The average molecular weight is 305 g/mol. The highest BCUT2D eigenvalue weighted by atomic mass is 19.4. The van der Waals surface area contributed by atoms with Crippen LogP contribution in [0.5, 0.6) is 0 Å². The van der Waals surface area contributed by atoms with Gasteiger partial charge in [0.2, 0.25) is 0 Å². The second-order valence-electron chi connectivity index (χ2n) is 5.12. The van der Waals surface area contributed by atoms with E-state index in [4.69, 9.17) is 5.11 Å².